The van der Waals surface area contributed by atoms with Gasteiger partial charge in [-0.05, 0) is 49.9 Å². The average Bonchev–Trinajstić information content (AvgIpc) is 2.42. The molecule has 0 saturated heterocycles. The number of aliphatic hydroxyl groups excluding tert-OH is 1. The SMILES string of the molecule is Cc1cc(C)cc(C(O)C(CN)c2ccc(C)c(C)c2)c1. The number of aliphatic hydroxyl groups is 1. The van der Waals surface area contributed by atoms with Crippen molar-refractivity contribution in [3.63, 3.8) is 0 Å². The van der Waals surface area contributed by atoms with Gasteiger partial charge in [0.15, 0.2) is 0 Å². The van der Waals surface area contributed by atoms with Gasteiger partial charge in [-0.25, -0.2) is 0 Å². The first-order valence-corrected chi connectivity index (χ1v) is 7.46. The molecule has 0 fully saturated rings. The van der Waals surface area contributed by atoms with Crippen LogP contribution in [0.5, 0.6) is 0 Å². The zero-order chi connectivity index (χ0) is 15.6. The molecule has 2 atom stereocenters. The lowest BCUT2D eigenvalue weighted by Gasteiger charge is -2.24. The minimum atomic E-state index is -0.573. The molecule has 0 aromatic heterocycles. The van der Waals surface area contributed by atoms with Crippen molar-refractivity contribution in [3.05, 3.63) is 69.8 Å². The summed E-state index contributed by atoms with van der Waals surface area (Å²) in [7, 11) is 0. The van der Waals surface area contributed by atoms with E-state index in [4.69, 9.17) is 5.73 Å². The number of aryl methyl sites for hydroxylation is 4. The Kier molecular flexibility index (Phi) is 4.81. The molecule has 0 amide bonds. The summed E-state index contributed by atoms with van der Waals surface area (Å²) in [6, 6.07) is 12.5. The minimum Gasteiger partial charge on any atom is -0.388 e. The monoisotopic (exact) mass is 283 g/mol. The van der Waals surface area contributed by atoms with Gasteiger partial charge in [-0.1, -0.05) is 47.5 Å². The summed E-state index contributed by atoms with van der Waals surface area (Å²) in [5.74, 6) is -0.0782. The molecular weight excluding hydrogens is 258 g/mol. The molecule has 0 spiro atoms. The second-order valence-corrected chi connectivity index (χ2v) is 6.05. The van der Waals surface area contributed by atoms with Crippen LogP contribution in [0.1, 0.15) is 45.4 Å². The van der Waals surface area contributed by atoms with Crippen LogP contribution in [-0.2, 0) is 0 Å². The van der Waals surface area contributed by atoms with Gasteiger partial charge in [-0.3, -0.25) is 0 Å². The zero-order valence-electron chi connectivity index (χ0n) is 13.4. The summed E-state index contributed by atoms with van der Waals surface area (Å²) >= 11 is 0. The smallest absolute Gasteiger partial charge is 0.0870 e. The van der Waals surface area contributed by atoms with Crippen molar-refractivity contribution in [3.8, 4) is 0 Å². The van der Waals surface area contributed by atoms with E-state index in [0.717, 1.165) is 11.1 Å². The maximum absolute atomic E-state index is 10.8. The molecule has 0 heterocycles. The summed E-state index contributed by atoms with van der Waals surface area (Å²) in [6.07, 6.45) is -0.573. The van der Waals surface area contributed by atoms with Crippen molar-refractivity contribution in [2.45, 2.75) is 39.7 Å². The third-order valence-electron chi connectivity index (χ3n) is 4.18. The molecule has 21 heavy (non-hydrogen) atoms. The molecule has 2 aromatic rings. The molecule has 0 saturated carbocycles. The van der Waals surface area contributed by atoms with E-state index >= 15 is 0 Å². The highest BCUT2D eigenvalue weighted by atomic mass is 16.3. The molecule has 112 valence electrons. The summed E-state index contributed by atoms with van der Waals surface area (Å²) in [6.45, 7) is 8.72. The molecule has 0 bridgehead atoms. The Bertz CT molecular complexity index is 613. The summed E-state index contributed by atoms with van der Waals surface area (Å²) < 4.78 is 0. The Morgan fingerprint density at radius 2 is 1.48 bits per heavy atom. The Balaban J connectivity index is 2.37. The van der Waals surface area contributed by atoms with E-state index in [1.807, 2.05) is 12.1 Å². The van der Waals surface area contributed by atoms with Gasteiger partial charge in [0.25, 0.3) is 0 Å². The minimum absolute atomic E-state index is 0.0782. The maximum Gasteiger partial charge on any atom is 0.0870 e. The zero-order valence-corrected chi connectivity index (χ0v) is 13.4. The van der Waals surface area contributed by atoms with Crippen molar-refractivity contribution < 1.29 is 5.11 Å². The lowest BCUT2D eigenvalue weighted by atomic mass is 9.87. The van der Waals surface area contributed by atoms with Gasteiger partial charge in [0, 0.05) is 12.5 Å². The standard InChI is InChI=1S/C19H25NO/c1-12-7-13(2)9-17(8-12)19(21)18(11-20)16-6-5-14(3)15(4)10-16/h5-10,18-19,21H,11,20H2,1-4H3. The fourth-order valence-electron chi connectivity index (χ4n) is 2.86. The third kappa shape index (κ3) is 3.52. The van der Waals surface area contributed by atoms with Crippen LogP contribution in [-0.4, -0.2) is 11.7 Å². The highest BCUT2D eigenvalue weighted by Gasteiger charge is 2.22. The van der Waals surface area contributed by atoms with E-state index in [9.17, 15) is 5.11 Å². The van der Waals surface area contributed by atoms with Gasteiger partial charge < -0.3 is 10.8 Å². The first kappa shape index (κ1) is 15.7. The van der Waals surface area contributed by atoms with Crippen molar-refractivity contribution in [2.24, 2.45) is 5.73 Å². The molecule has 0 aliphatic rings. The van der Waals surface area contributed by atoms with E-state index in [0.29, 0.717) is 6.54 Å². The van der Waals surface area contributed by atoms with E-state index in [1.165, 1.54) is 22.3 Å². The second-order valence-electron chi connectivity index (χ2n) is 6.05. The average molecular weight is 283 g/mol. The normalized spacial score (nSPS) is 14.0. The Hall–Kier alpha value is -1.64. The van der Waals surface area contributed by atoms with E-state index in [-0.39, 0.29) is 5.92 Å². The largest absolute Gasteiger partial charge is 0.388 e. The summed E-state index contributed by atoms with van der Waals surface area (Å²) in [5, 5.41) is 10.8. The van der Waals surface area contributed by atoms with Crippen molar-refractivity contribution in [1.29, 1.82) is 0 Å². The molecule has 0 radical (unpaired) electrons. The van der Waals surface area contributed by atoms with Crippen LogP contribution in [0.25, 0.3) is 0 Å². The number of benzene rings is 2. The summed E-state index contributed by atoms with van der Waals surface area (Å²) in [5.41, 5.74) is 12.8. The van der Waals surface area contributed by atoms with Crippen molar-refractivity contribution >= 4 is 0 Å². The van der Waals surface area contributed by atoms with E-state index in [1.54, 1.807) is 0 Å². The first-order valence-electron chi connectivity index (χ1n) is 7.46. The van der Waals surface area contributed by atoms with Gasteiger partial charge in [0.2, 0.25) is 0 Å². The van der Waals surface area contributed by atoms with Crippen LogP contribution in [0.2, 0.25) is 0 Å². The number of nitrogens with two attached hydrogens (primary N) is 1. The third-order valence-corrected chi connectivity index (χ3v) is 4.18. The van der Waals surface area contributed by atoms with Crippen LogP contribution in [0, 0.1) is 27.7 Å². The molecule has 2 heteroatoms. The molecule has 0 aliphatic heterocycles. The first-order chi connectivity index (χ1) is 9.92. The molecule has 2 aromatic carbocycles. The molecule has 3 N–H and O–H groups in total. The number of rotatable bonds is 4. The van der Waals surface area contributed by atoms with Crippen LogP contribution in [0.3, 0.4) is 0 Å². The fraction of sp³-hybridized carbons (Fsp3) is 0.368. The number of hydrogen-bond acceptors (Lipinski definition) is 2. The second kappa shape index (κ2) is 6.42. The summed E-state index contributed by atoms with van der Waals surface area (Å²) in [4.78, 5) is 0. The van der Waals surface area contributed by atoms with Crippen molar-refractivity contribution in [1.82, 2.24) is 0 Å². The highest BCUT2D eigenvalue weighted by Crippen LogP contribution is 2.32. The van der Waals surface area contributed by atoms with Gasteiger partial charge in [0.05, 0.1) is 6.10 Å². The van der Waals surface area contributed by atoms with Crippen molar-refractivity contribution in [2.75, 3.05) is 6.54 Å². The van der Waals surface area contributed by atoms with Gasteiger partial charge in [-0.15, -0.1) is 0 Å². The quantitative estimate of drug-likeness (QED) is 0.899. The fourth-order valence-corrected chi connectivity index (χ4v) is 2.86. The lowest BCUT2D eigenvalue weighted by Crippen LogP contribution is -2.20. The maximum atomic E-state index is 10.8. The molecule has 2 nitrogen and oxygen atoms in total. The Labute approximate surface area is 127 Å². The lowest BCUT2D eigenvalue weighted by molar-refractivity contribution is 0.147. The Morgan fingerprint density at radius 1 is 0.857 bits per heavy atom. The topological polar surface area (TPSA) is 46.2 Å². The van der Waals surface area contributed by atoms with Crippen LogP contribution in [0.4, 0.5) is 0 Å². The Morgan fingerprint density at radius 3 is 2.00 bits per heavy atom. The van der Waals surface area contributed by atoms with E-state index in [2.05, 4.69) is 52.0 Å². The van der Waals surface area contributed by atoms with E-state index < -0.39 is 6.10 Å². The van der Waals surface area contributed by atoms with Gasteiger partial charge >= 0.3 is 0 Å². The predicted octanol–water partition coefficient (Wildman–Crippen LogP) is 3.70. The number of hydrogen-bond donors (Lipinski definition) is 2. The molecule has 0 aliphatic carbocycles. The molecule has 2 rings (SSSR count). The van der Waals surface area contributed by atoms with Gasteiger partial charge in [0.1, 0.15) is 0 Å². The van der Waals surface area contributed by atoms with Gasteiger partial charge in [-0.2, -0.15) is 0 Å². The van der Waals surface area contributed by atoms with Crippen LogP contribution >= 0.6 is 0 Å². The van der Waals surface area contributed by atoms with Crippen LogP contribution < -0.4 is 5.73 Å². The molecular formula is C19H25NO. The highest BCUT2D eigenvalue weighted by molar-refractivity contribution is 5.36. The predicted molar refractivity (Wildman–Crippen MR) is 88.6 cm³/mol. The van der Waals surface area contributed by atoms with Crippen LogP contribution in [0.15, 0.2) is 36.4 Å². The molecule has 2 unspecified atom stereocenters.